The van der Waals surface area contributed by atoms with Crippen molar-refractivity contribution in [1.82, 2.24) is 25.0 Å². The lowest BCUT2D eigenvalue weighted by Gasteiger charge is -2.05. The minimum atomic E-state index is 0.626. The fourth-order valence-electron chi connectivity index (χ4n) is 2.50. The Bertz CT molecular complexity index is 959. The van der Waals surface area contributed by atoms with Gasteiger partial charge in [-0.15, -0.1) is 5.10 Å². The summed E-state index contributed by atoms with van der Waals surface area (Å²) >= 11 is 0. The van der Waals surface area contributed by atoms with Crippen LogP contribution < -0.4 is 5.32 Å². The Balaban J connectivity index is 1.75. The van der Waals surface area contributed by atoms with E-state index in [0.29, 0.717) is 6.54 Å². The Hall–Kier alpha value is -3.02. The standard InChI is InChI=1S/C16H14N6/c1-17-15-7-6-14-16(19-15)22(21-20-14)10-11-4-5-13-12(9-11)3-2-8-18-13/h2-9H,10H2,1H3,(H,17,19). The van der Waals surface area contributed by atoms with E-state index in [1.54, 1.807) is 6.20 Å². The van der Waals surface area contributed by atoms with Crippen molar-refractivity contribution in [2.45, 2.75) is 6.54 Å². The summed E-state index contributed by atoms with van der Waals surface area (Å²) in [5.74, 6) is 0.804. The van der Waals surface area contributed by atoms with Gasteiger partial charge < -0.3 is 5.32 Å². The first-order chi connectivity index (χ1) is 10.8. The SMILES string of the molecule is CNc1ccc2nnn(Cc3ccc4ncccc4c3)c2n1. The van der Waals surface area contributed by atoms with Crippen LogP contribution in [0.2, 0.25) is 0 Å². The van der Waals surface area contributed by atoms with Gasteiger partial charge in [-0.2, -0.15) is 0 Å². The Labute approximate surface area is 126 Å². The zero-order chi connectivity index (χ0) is 14.9. The van der Waals surface area contributed by atoms with Crippen LogP contribution in [0, 0.1) is 0 Å². The molecule has 0 amide bonds. The smallest absolute Gasteiger partial charge is 0.180 e. The lowest BCUT2D eigenvalue weighted by atomic mass is 10.1. The van der Waals surface area contributed by atoms with Crippen molar-refractivity contribution in [1.29, 1.82) is 0 Å². The van der Waals surface area contributed by atoms with E-state index in [-0.39, 0.29) is 0 Å². The fraction of sp³-hybridized carbons (Fsp3) is 0.125. The number of pyridine rings is 2. The molecule has 1 N–H and O–H groups in total. The van der Waals surface area contributed by atoms with E-state index in [1.165, 1.54) is 0 Å². The van der Waals surface area contributed by atoms with Gasteiger partial charge in [-0.25, -0.2) is 9.67 Å². The molecule has 0 radical (unpaired) electrons. The highest BCUT2D eigenvalue weighted by Crippen LogP contribution is 2.17. The monoisotopic (exact) mass is 290 g/mol. The number of hydrogen-bond donors (Lipinski definition) is 1. The van der Waals surface area contributed by atoms with Crippen LogP contribution in [0.4, 0.5) is 5.82 Å². The molecule has 0 spiro atoms. The fourth-order valence-corrected chi connectivity index (χ4v) is 2.50. The number of hydrogen-bond acceptors (Lipinski definition) is 5. The van der Waals surface area contributed by atoms with E-state index in [1.807, 2.05) is 36.0 Å². The van der Waals surface area contributed by atoms with Gasteiger partial charge in [0.2, 0.25) is 0 Å². The van der Waals surface area contributed by atoms with Gasteiger partial charge in [0.1, 0.15) is 11.3 Å². The number of nitrogens with one attached hydrogen (secondary N) is 1. The van der Waals surface area contributed by atoms with Crippen LogP contribution in [0.15, 0.2) is 48.7 Å². The first-order valence-corrected chi connectivity index (χ1v) is 7.05. The van der Waals surface area contributed by atoms with Crippen molar-refractivity contribution in [3.8, 4) is 0 Å². The third kappa shape index (κ3) is 2.14. The molecule has 108 valence electrons. The van der Waals surface area contributed by atoms with Crippen molar-refractivity contribution in [2.75, 3.05) is 12.4 Å². The van der Waals surface area contributed by atoms with Gasteiger partial charge in [0, 0.05) is 18.6 Å². The Kier molecular flexibility index (Phi) is 2.93. The molecule has 1 aromatic carbocycles. The molecule has 0 aliphatic heterocycles. The molecule has 6 heteroatoms. The second kappa shape index (κ2) is 5.07. The molecular weight excluding hydrogens is 276 g/mol. The van der Waals surface area contributed by atoms with Gasteiger partial charge in [-0.3, -0.25) is 4.98 Å². The first kappa shape index (κ1) is 12.7. The van der Waals surface area contributed by atoms with Gasteiger partial charge in [0.25, 0.3) is 0 Å². The number of anilines is 1. The quantitative estimate of drug-likeness (QED) is 0.627. The zero-order valence-corrected chi connectivity index (χ0v) is 12.1. The minimum absolute atomic E-state index is 0.626. The van der Waals surface area contributed by atoms with Crippen LogP contribution in [0.25, 0.3) is 22.1 Å². The third-order valence-electron chi connectivity index (χ3n) is 3.62. The van der Waals surface area contributed by atoms with E-state index >= 15 is 0 Å². The number of rotatable bonds is 3. The number of aromatic nitrogens is 5. The van der Waals surface area contributed by atoms with Gasteiger partial charge in [-0.05, 0) is 35.9 Å². The van der Waals surface area contributed by atoms with Crippen molar-refractivity contribution in [3.05, 3.63) is 54.2 Å². The molecule has 0 aliphatic carbocycles. The van der Waals surface area contributed by atoms with E-state index < -0.39 is 0 Å². The Morgan fingerprint density at radius 2 is 2.00 bits per heavy atom. The lowest BCUT2D eigenvalue weighted by molar-refractivity contribution is 0.665. The maximum Gasteiger partial charge on any atom is 0.180 e. The van der Waals surface area contributed by atoms with Crippen molar-refractivity contribution in [3.63, 3.8) is 0 Å². The molecule has 0 unspecified atom stereocenters. The highest BCUT2D eigenvalue weighted by molar-refractivity contribution is 5.79. The average molecular weight is 290 g/mol. The molecule has 0 fully saturated rings. The second-order valence-electron chi connectivity index (χ2n) is 5.07. The molecule has 6 nitrogen and oxygen atoms in total. The van der Waals surface area contributed by atoms with E-state index in [4.69, 9.17) is 0 Å². The van der Waals surface area contributed by atoms with Crippen LogP contribution in [0.5, 0.6) is 0 Å². The van der Waals surface area contributed by atoms with E-state index in [9.17, 15) is 0 Å². The van der Waals surface area contributed by atoms with Crippen molar-refractivity contribution >= 4 is 27.9 Å². The number of benzene rings is 1. The average Bonchev–Trinajstić information content (AvgIpc) is 2.97. The van der Waals surface area contributed by atoms with Gasteiger partial charge in [0.15, 0.2) is 5.65 Å². The summed E-state index contributed by atoms with van der Waals surface area (Å²) in [7, 11) is 1.85. The summed E-state index contributed by atoms with van der Waals surface area (Å²) in [5, 5.41) is 12.5. The van der Waals surface area contributed by atoms with Crippen LogP contribution in [0.3, 0.4) is 0 Å². The highest BCUT2D eigenvalue weighted by Gasteiger charge is 2.08. The summed E-state index contributed by atoms with van der Waals surface area (Å²) in [4.78, 5) is 8.86. The second-order valence-corrected chi connectivity index (χ2v) is 5.07. The van der Waals surface area contributed by atoms with Crippen LogP contribution >= 0.6 is 0 Å². The van der Waals surface area contributed by atoms with E-state index in [2.05, 4.69) is 43.8 Å². The van der Waals surface area contributed by atoms with Crippen LogP contribution in [-0.2, 0) is 6.54 Å². The molecule has 0 saturated carbocycles. The summed E-state index contributed by atoms with van der Waals surface area (Å²) < 4.78 is 1.81. The molecule has 0 aliphatic rings. The molecule has 4 rings (SSSR count). The molecule has 3 aromatic heterocycles. The lowest BCUT2D eigenvalue weighted by Crippen LogP contribution is -2.04. The van der Waals surface area contributed by atoms with E-state index in [0.717, 1.165) is 33.4 Å². The van der Waals surface area contributed by atoms with Gasteiger partial charge >= 0.3 is 0 Å². The van der Waals surface area contributed by atoms with Crippen LogP contribution in [0.1, 0.15) is 5.56 Å². The Morgan fingerprint density at radius 1 is 1.09 bits per heavy atom. The molecule has 4 aromatic rings. The van der Waals surface area contributed by atoms with Crippen molar-refractivity contribution < 1.29 is 0 Å². The largest absolute Gasteiger partial charge is 0.373 e. The predicted octanol–water partition coefficient (Wildman–Crippen LogP) is 2.46. The molecule has 22 heavy (non-hydrogen) atoms. The zero-order valence-electron chi connectivity index (χ0n) is 12.1. The van der Waals surface area contributed by atoms with Gasteiger partial charge in [-0.1, -0.05) is 17.3 Å². The summed E-state index contributed by atoms with van der Waals surface area (Å²) in [6.07, 6.45) is 1.80. The summed E-state index contributed by atoms with van der Waals surface area (Å²) in [6.45, 7) is 0.626. The first-order valence-electron chi connectivity index (χ1n) is 7.05. The predicted molar refractivity (Wildman–Crippen MR) is 85.7 cm³/mol. The normalized spacial score (nSPS) is 11.1. The molecule has 0 atom stereocenters. The number of nitrogens with zero attached hydrogens (tertiary/aromatic N) is 5. The highest BCUT2D eigenvalue weighted by atomic mass is 15.4. The molecule has 3 heterocycles. The maximum absolute atomic E-state index is 4.53. The number of fused-ring (bicyclic) bond motifs is 2. The molecule has 0 bridgehead atoms. The maximum atomic E-state index is 4.53. The van der Waals surface area contributed by atoms with Crippen LogP contribution in [-0.4, -0.2) is 32.0 Å². The minimum Gasteiger partial charge on any atom is -0.373 e. The Morgan fingerprint density at radius 3 is 2.91 bits per heavy atom. The summed E-state index contributed by atoms with van der Waals surface area (Å²) in [5.41, 5.74) is 3.70. The summed E-state index contributed by atoms with van der Waals surface area (Å²) in [6, 6.07) is 14.0. The molecular formula is C16H14N6. The van der Waals surface area contributed by atoms with Crippen molar-refractivity contribution in [2.24, 2.45) is 0 Å². The third-order valence-corrected chi connectivity index (χ3v) is 3.62. The van der Waals surface area contributed by atoms with Gasteiger partial charge in [0.05, 0.1) is 12.1 Å². The molecule has 0 saturated heterocycles. The topological polar surface area (TPSA) is 68.5 Å².